The van der Waals surface area contributed by atoms with Crippen molar-refractivity contribution in [1.29, 1.82) is 0 Å². The van der Waals surface area contributed by atoms with Crippen molar-refractivity contribution in [2.75, 3.05) is 0 Å². The summed E-state index contributed by atoms with van der Waals surface area (Å²) in [6, 6.07) is 15.1. The van der Waals surface area contributed by atoms with Crippen molar-refractivity contribution in [2.24, 2.45) is 0 Å². The molecule has 1 heterocycles. The number of aromatic hydroxyl groups is 1. The molecule has 0 amide bonds. The molecule has 26 heavy (non-hydrogen) atoms. The highest BCUT2D eigenvalue weighted by Gasteiger charge is 2.24. The van der Waals surface area contributed by atoms with Gasteiger partial charge in [-0.3, -0.25) is 4.79 Å². The number of benzene rings is 3. The van der Waals surface area contributed by atoms with E-state index in [1.807, 2.05) is 31.2 Å². The molecule has 5 nitrogen and oxygen atoms in total. The van der Waals surface area contributed by atoms with E-state index >= 15 is 0 Å². The minimum Gasteiger partial charge on any atom is -0.507 e. The van der Waals surface area contributed by atoms with Crippen molar-refractivity contribution in [3.05, 3.63) is 75.9 Å². The largest absolute Gasteiger partial charge is 0.507 e. The van der Waals surface area contributed by atoms with E-state index in [0.717, 1.165) is 16.7 Å². The molecule has 0 radical (unpaired) electrons. The fourth-order valence-corrected chi connectivity index (χ4v) is 3.27. The average Bonchev–Trinajstić information content (AvgIpc) is 2.60. The van der Waals surface area contributed by atoms with E-state index in [2.05, 4.69) is 0 Å². The van der Waals surface area contributed by atoms with E-state index in [4.69, 9.17) is 4.42 Å². The lowest BCUT2D eigenvalue weighted by atomic mass is 9.90. The van der Waals surface area contributed by atoms with Gasteiger partial charge in [0.2, 0.25) is 0 Å². The van der Waals surface area contributed by atoms with Gasteiger partial charge in [-0.15, -0.1) is 0 Å². The van der Waals surface area contributed by atoms with Gasteiger partial charge < -0.3 is 14.6 Å². The number of fused-ring (bicyclic) bond motifs is 2. The number of hydrogen-bond acceptors (Lipinski definition) is 4. The van der Waals surface area contributed by atoms with Gasteiger partial charge in [0.15, 0.2) is 11.0 Å². The molecular weight excluding hydrogens is 332 g/mol. The summed E-state index contributed by atoms with van der Waals surface area (Å²) in [5.41, 5.74) is 2.84. The van der Waals surface area contributed by atoms with Crippen LogP contribution in [0.2, 0.25) is 0 Å². The van der Waals surface area contributed by atoms with Crippen LogP contribution in [-0.2, 0) is 0 Å². The van der Waals surface area contributed by atoms with Crippen LogP contribution >= 0.6 is 0 Å². The monoisotopic (exact) mass is 346 g/mol. The average molecular weight is 346 g/mol. The number of hydrogen-bond donors (Lipinski definition) is 2. The predicted octanol–water partition coefficient (Wildman–Crippen LogP) is 4.28. The van der Waals surface area contributed by atoms with E-state index in [9.17, 15) is 19.8 Å². The molecule has 0 unspecified atom stereocenters. The zero-order valence-electron chi connectivity index (χ0n) is 13.8. The summed E-state index contributed by atoms with van der Waals surface area (Å²) >= 11 is 0. The lowest BCUT2D eigenvalue weighted by Crippen LogP contribution is -2.03. The minimum absolute atomic E-state index is 0.0360. The molecule has 0 fully saturated rings. The molecule has 0 saturated heterocycles. The van der Waals surface area contributed by atoms with Gasteiger partial charge in [0, 0.05) is 22.6 Å². The molecule has 0 bridgehead atoms. The molecule has 2 aromatic rings. The molecule has 5 heteroatoms. The van der Waals surface area contributed by atoms with Crippen molar-refractivity contribution in [2.45, 2.75) is 6.92 Å². The minimum atomic E-state index is -1.30. The first-order chi connectivity index (χ1) is 12.5. The molecule has 1 aliphatic heterocycles. The molecule has 1 aliphatic carbocycles. The Labute approximate surface area is 148 Å². The molecule has 2 N–H and O–H groups in total. The molecule has 4 rings (SSSR count). The van der Waals surface area contributed by atoms with E-state index < -0.39 is 5.97 Å². The van der Waals surface area contributed by atoms with Crippen LogP contribution in [0.4, 0.5) is 0 Å². The van der Waals surface area contributed by atoms with E-state index in [1.165, 1.54) is 18.2 Å². The Hall–Kier alpha value is -3.60. The molecule has 128 valence electrons. The van der Waals surface area contributed by atoms with Gasteiger partial charge in [-0.25, -0.2) is 4.79 Å². The first-order valence-electron chi connectivity index (χ1n) is 7.99. The van der Waals surface area contributed by atoms with Gasteiger partial charge in [0.05, 0.1) is 0 Å². The Bertz CT molecular complexity index is 1200. The first-order valence-corrected chi connectivity index (χ1v) is 7.99. The van der Waals surface area contributed by atoms with Crippen LogP contribution in [0.3, 0.4) is 0 Å². The maximum absolute atomic E-state index is 11.8. The summed E-state index contributed by atoms with van der Waals surface area (Å²) < 4.78 is 5.76. The first kappa shape index (κ1) is 15.9. The predicted molar refractivity (Wildman–Crippen MR) is 97.9 cm³/mol. The summed E-state index contributed by atoms with van der Waals surface area (Å²) in [6.07, 6.45) is 0. The fraction of sp³-hybridized carbons (Fsp3) is 0.0476. The van der Waals surface area contributed by atoms with Crippen LogP contribution in [0, 0.1) is 6.92 Å². The van der Waals surface area contributed by atoms with Crippen molar-refractivity contribution in [1.82, 2.24) is 0 Å². The zero-order valence-corrected chi connectivity index (χ0v) is 13.8. The lowest BCUT2D eigenvalue weighted by molar-refractivity contribution is 0.0694. The zero-order chi connectivity index (χ0) is 18.4. The number of rotatable bonds is 2. The second kappa shape index (κ2) is 5.74. The van der Waals surface area contributed by atoms with Crippen molar-refractivity contribution in [3.8, 4) is 28.2 Å². The maximum atomic E-state index is 11.8. The fourth-order valence-electron chi connectivity index (χ4n) is 3.27. The molecule has 2 aliphatic rings. The van der Waals surface area contributed by atoms with Gasteiger partial charge in [-0.1, -0.05) is 24.3 Å². The Morgan fingerprint density at radius 1 is 1.00 bits per heavy atom. The van der Waals surface area contributed by atoms with Gasteiger partial charge in [0.25, 0.3) is 0 Å². The Morgan fingerprint density at radius 3 is 2.50 bits per heavy atom. The van der Waals surface area contributed by atoms with E-state index in [1.54, 1.807) is 12.1 Å². The van der Waals surface area contributed by atoms with Crippen LogP contribution in [0.25, 0.3) is 33.4 Å². The van der Waals surface area contributed by atoms with Crippen LogP contribution < -0.4 is 5.43 Å². The number of carbonyl (C=O) groups is 1. The normalized spacial score (nSPS) is 11.1. The SMILES string of the molecule is Cc1ccccc1-c1c2ccc(=O)cc-2oc2c(C(=O)O)c(O)ccc12. The third-order valence-electron chi connectivity index (χ3n) is 4.47. The van der Waals surface area contributed by atoms with Crippen LogP contribution in [0.1, 0.15) is 15.9 Å². The quantitative estimate of drug-likeness (QED) is 0.529. The number of aryl methyl sites for hydroxylation is 1. The van der Waals surface area contributed by atoms with Crippen LogP contribution in [0.5, 0.6) is 5.75 Å². The number of carboxylic acids is 1. The summed E-state index contributed by atoms with van der Waals surface area (Å²) in [7, 11) is 0. The highest BCUT2D eigenvalue weighted by atomic mass is 16.4. The Kier molecular flexibility index (Phi) is 3.51. The molecule has 2 aromatic carbocycles. The molecule has 0 atom stereocenters. The third-order valence-corrected chi connectivity index (χ3v) is 4.47. The second-order valence-electron chi connectivity index (χ2n) is 6.09. The van der Waals surface area contributed by atoms with Gasteiger partial charge in [0.1, 0.15) is 17.1 Å². The number of aromatic carboxylic acids is 1. The van der Waals surface area contributed by atoms with Gasteiger partial charge in [-0.2, -0.15) is 0 Å². The van der Waals surface area contributed by atoms with Crippen LogP contribution in [-0.4, -0.2) is 16.2 Å². The van der Waals surface area contributed by atoms with Crippen molar-refractivity contribution in [3.63, 3.8) is 0 Å². The van der Waals surface area contributed by atoms with Gasteiger partial charge in [-0.05, 0) is 42.3 Å². The highest BCUT2D eigenvalue weighted by molar-refractivity contribution is 6.10. The van der Waals surface area contributed by atoms with Crippen molar-refractivity contribution >= 4 is 16.9 Å². The Balaban J connectivity index is 2.28. The summed E-state index contributed by atoms with van der Waals surface area (Å²) in [6.45, 7) is 1.96. The summed E-state index contributed by atoms with van der Waals surface area (Å²) in [5.74, 6) is -1.41. The standard InChI is InChI=1S/C21H14O5/c1-11-4-2-3-5-13(11)18-14-7-6-12(22)10-17(14)26-20-15(18)8-9-16(23)19(20)21(24)25/h2-10,23H,1H3,(H,24,25). The second-order valence-corrected chi connectivity index (χ2v) is 6.09. The summed E-state index contributed by atoms with van der Waals surface area (Å²) in [4.78, 5) is 23.5. The molecule has 0 spiro atoms. The van der Waals surface area contributed by atoms with E-state index in [0.29, 0.717) is 10.9 Å². The summed E-state index contributed by atoms with van der Waals surface area (Å²) in [5, 5.41) is 20.1. The number of phenols is 1. The van der Waals surface area contributed by atoms with Crippen LogP contribution in [0.15, 0.2) is 63.8 Å². The Morgan fingerprint density at radius 2 is 1.77 bits per heavy atom. The third kappa shape index (κ3) is 2.33. The number of carboxylic acid groups (broad SMARTS) is 1. The molecular formula is C21H14O5. The smallest absolute Gasteiger partial charge is 0.343 e. The van der Waals surface area contributed by atoms with Gasteiger partial charge >= 0.3 is 5.97 Å². The molecule has 0 saturated carbocycles. The van der Waals surface area contributed by atoms with E-state index in [-0.39, 0.29) is 28.1 Å². The van der Waals surface area contributed by atoms with Crippen molar-refractivity contribution < 1.29 is 19.4 Å². The maximum Gasteiger partial charge on any atom is 0.343 e. The highest BCUT2D eigenvalue weighted by Crippen LogP contribution is 2.43. The lowest BCUT2D eigenvalue weighted by Gasteiger charge is -2.17. The topological polar surface area (TPSA) is 87.7 Å². The molecule has 0 aromatic heterocycles.